The Bertz CT molecular complexity index is 1630. The number of fused-ring (bicyclic) bond motifs is 3. The van der Waals surface area contributed by atoms with Gasteiger partial charge in [0.05, 0.1) is 30.1 Å². The van der Waals surface area contributed by atoms with E-state index in [4.69, 9.17) is 21.7 Å². The average molecular weight is 547 g/mol. The fourth-order valence-corrected chi connectivity index (χ4v) is 4.89. The van der Waals surface area contributed by atoms with Crippen LogP contribution in [0.1, 0.15) is 29.5 Å². The number of nitrogens with one attached hydrogen (secondary N) is 2. The van der Waals surface area contributed by atoms with Crippen LogP contribution in [0.5, 0.6) is 0 Å². The molecule has 39 heavy (non-hydrogen) atoms. The van der Waals surface area contributed by atoms with Crippen LogP contribution in [0.2, 0.25) is 5.02 Å². The molecule has 0 fully saturated rings. The van der Waals surface area contributed by atoms with E-state index < -0.39 is 23.7 Å². The van der Waals surface area contributed by atoms with Crippen molar-refractivity contribution in [2.24, 2.45) is 9.98 Å². The maximum Gasteiger partial charge on any atom is 0.328 e. The van der Waals surface area contributed by atoms with Gasteiger partial charge in [-0.15, -0.1) is 0 Å². The lowest BCUT2D eigenvalue weighted by Crippen LogP contribution is -2.37. The maximum atomic E-state index is 14.8. The standard InChI is InChI=1S/C28H21ClF2N6O2/c29-16-6-9-18-19(10-16)25(23-20(30)2-1-3-21(23)31)32-11-15-12-34-28(37-24(15)18)35-17-7-4-14(5-8-17)26-33-13-22(36-26)27(38)39/h2,4-10,12,22H,1,3,11,13H2,(H,33,36)(H,38,39)(H,34,35,37). The van der Waals surface area contributed by atoms with E-state index in [1.807, 2.05) is 24.3 Å². The van der Waals surface area contributed by atoms with E-state index in [0.717, 1.165) is 5.56 Å². The Balaban J connectivity index is 1.30. The summed E-state index contributed by atoms with van der Waals surface area (Å²) in [5.41, 5.74) is 3.95. The Labute approximate surface area is 226 Å². The van der Waals surface area contributed by atoms with E-state index in [1.54, 1.807) is 24.4 Å². The number of aromatic nitrogens is 2. The lowest BCUT2D eigenvalue weighted by atomic mass is 9.91. The van der Waals surface area contributed by atoms with Crippen LogP contribution in [0.25, 0.3) is 11.3 Å². The third-order valence-electron chi connectivity index (χ3n) is 6.65. The van der Waals surface area contributed by atoms with Gasteiger partial charge in [-0.1, -0.05) is 17.7 Å². The number of carboxylic acids is 1. The monoisotopic (exact) mass is 546 g/mol. The molecule has 1 unspecified atom stereocenters. The number of nitrogens with zero attached hydrogens (tertiary/aromatic N) is 4. The number of halogens is 3. The van der Waals surface area contributed by atoms with Crippen LogP contribution in [-0.4, -0.2) is 45.2 Å². The first-order valence-electron chi connectivity index (χ1n) is 12.2. The van der Waals surface area contributed by atoms with Gasteiger partial charge in [0, 0.05) is 45.6 Å². The summed E-state index contributed by atoms with van der Waals surface area (Å²) in [5.74, 6) is -1.28. The lowest BCUT2D eigenvalue weighted by Gasteiger charge is -2.16. The number of anilines is 2. The molecule has 0 spiro atoms. The van der Waals surface area contributed by atoms with Crippen LogP contribution < -0.4 is 10.6 Å². The van der Waals surface area contributed by atoms with Crippen LogP contribution in [0, 0.1) is 0 Å². The number of hydrogen-bond donors (Lipinski definition) is 3. The molecule has 196 valence electrons. The quantitative estimate of drug-likeness (QED) is 0.389. The molecule has 8 nitrogen and oxygen atoms in total. The van der Waals surface area contributed by atoms with Crippen molar-refractivity contribution in [1.82, 2.24) is 15.3 Å². The number of carbonyl (C=O) groups is 1. The minimum absolute atomic E-state index is 0.112. The van der Waals surface area contributed by atoms with E-state index in [2.05, 4.69) is 25.6 Å². The van der Waals surface area contributed by atoms with Gasteiger partial charge in [0.2, 0.25) is 5.95 Å². The van der Waals surface area contributed by atoms with Crippen LogP contribution >= 0.6 is 11.6 Å². The van der Waals surface area contributed by atoms with Gasteiger partial charge in [-0.05, 0) is 48.9 Å². The molecule has 2 aliphatic heterocycles. The maximum absolute atomic E-state index is 14.8. The van der Waals surface area contributed by atoms with Gasteiger partial charge in [0.15, 0.2) is 0 Å². The predicted octanol–water partition coefficient (Wildman–Crippen LogP) is 5.52. The molecule has 1 atom stereocenters. The number of carboxylic acid groups (broad SMARTS) is 1. The van der Waals surface area contributed by atoms with Crippen LogP contribution in [0.4, 0.5) is 20.4 Å². The summed E-state index contributed by atoms with van der Waals surface area (Å²) in [6, 6.07) is 11.6. The summed E-state index contributed by atoms with van der Waals surface area (Å²) in [5, 5.41) is 15.6. The van der Waals surface area contributed by atoms with Gasteiger partial charge in [0.25, 0.3) is 0 Å². The van der Waals surface area contributed by atoms with Gasteiger partial charge in [0.1, 0.15) is 23.5 Å². The zero-order chi connectivity index (χ0) is 27.1. The number of rotatable bonds is 5. The first kappa shape index (κ1) is 24.9. The predicted molar refractivity (Wildman–Crippen MR) is 145 cm³/mol. The fraction of sp³-hybridized carbons (Fsp3) is 0.179. The van der Waals surface area contributed by atoms with Gasteiger partial charge in [-0.2, -0.15) is 0 Å². The summed E-state index contributed by atoms with van der Waals surface area (Å²) in [4.78, 5) is 29.2. The Morgan fingerprint density at radius 1 is 1.10 bits per heavy atom. The SMILES string of the molecule is O=C(O)C1CN=C(c2ccc(Nc3ncc4c(n3)-c3ccc(Cl)cc3C(C3=C(F)CCC=C3F)=NC4)cc2)N1. The number of hydrogen-bond acceptors (Lipinski definition) is 7. The molecule has 0 bridgehead atoms. The fourth-order valence-electron chi connectivity index (χ4n) is 4.72. The zero-order valence-corrected chi connectivity index (χ0v) is 21.1. The molecule has 3 aromatic rings. The van der Waals surface area contributed by atoms with Gasteiger partial charge < -0.3 is 15.7 Å². The molecular formula is C28H21ClF2N6O2. The van der Waals surface area contributed by atoms with Crippen molar-refractivity contribution >= 4 is 40.8 Å². The second kappa shape index (κ2) is 10.0. The minimum Gasteiger partial charge on any atom is -0.480 e. The number of amidine groups is 1. The third-order valence-corrected chi connectivity index (χ3v) is 6.89. The molecule has 11 heteroatoms. The van der Waals surface area contributed by atoms with Crippen molar-refractivity contribution in [3.63, 3.8) is 0 Å². The van der Waals surface area contributed by atoms with E-state index in [1.165, 1.54) is 6.08 Å². The highest BCUT2D eigenvalue weighted by molar-refractivity contribution is 6.31. The molecule has 0 saturated heterocycles. The molecule has 3 heterocycles. The highest BCUT2D eigenvalue weighted by atomic mass is 35.5. The molecular weight excluding hydrogens is 526 g/mol. The summed E-state index contributed by atoms with van der Waals surface area (Å²) in [7, 11) is 0. The highest BCUT2D eigenvalue weighted by Crippen LogP contribution is 2.38. The van der Waals surface area contributed by atoms with Gasteiger partial charge >= 0.3 is 5.97 Å². The van der Waals surface area contributed by atoms with Crippen molar-refractivity contribution in [2.75, 3.05) is 11.9 Å². The Hall–Kier alpha value is -4.44. The van der Waals surface area contributed by atoms with Crippen LogP contribution in [0.15, 0.2) is 81.9 Å². The highest BCUT2D eigenvalue weighted by Gasteiger charge is 2.28. The van der Waals surface area contributed by atoms with Crippen molar-refractivity contribution in [2.45, 2.75) is 25.4 Å². The third kappa shape index (κ3) is 4.79. The smallest absolute Gasteiger partial charge is 0.328 e. The molecule has 0 radical (unpaired) electrons. The molecule has 2 aromatic carbocycles. The summed E-state index contributed by atoms with van der Waals surface area (Å²) >= 11 is 6.30. The first-order chi connectivity index (χ1) is 18.9. The number of allylic oxidation sites excluding steroid dienone is 4. The van der Waals surface area contributed by atoms with E-state index in [-0.39, 0.29) is 30.8 Å². The second-order valence-electron chi connectivity index (χ2n) is 9.22. The number of benzene rings is 2. The van der Waals surface area contributed by atoms with Gasteiger partial charge in [-0.25, -0.2) is 23.5 Å². The Morgan fingerprint density at radius 3 is 2.67 bits per heavy atom. The van der Waals surface area contributed by atoms with Crippen molar-refractivity contribution in [1.29, 1.82) is 0 Å². The Kier molecular flexibility index (Phi) is 6.40. The van der Waals surface area contributed by atoms with Crippen molar-refractivity contribution in [3.05, 3.63) is 93.7 Å². The van der Waals surface area contributed by atoms with Crippen LogP contribution in [-0.2, 0) is 11.3 Å². The molecule has 6 rings (SSSR count). The van der Waals surface area contributed by atoms with Crippen LogP contribution in [0.3, 0.4) is 0 Å². The molecule has 1 aliphatic carbocycles. The summed E-state index contributed by atoms with van der Waals surface area (Å²) in [6.07, 6.45) is 3.42. The number of aliphatic carboxylic acids is 1. The topological polar surface area (TPSA) is 112 Å². The van der Waals surface area contributed by atoms with E-state index in [9.17, 15) is 13.6 Å². The molecule has 0 saturated carbocycles. The lowest BCUT2D eigenvalue weighted by molar-refractivity contribution is -0.138. The Morgan fingerprint density at radius 2 is 1.92 bits per heavy atom. The molecule has 0 amide bonds. The molecule has 1 aromatic heterocycles. The van der Waals surface area contributed by atoms with Crippen molar-refractivity contribution in [3.8, 4) is 11.3 Å². The zero-order valence-electron chi connectivity index (χ0n) is 20.4. The van der Waals surface area contributed by atoms with Gasteiger partial charge in [-0.3, -0.25) is 9.98 Å². The normalized spacial score (nSPS) is 18.2. The van der Waals surface area contributed by atoms with E-state index in [0.29, 0.717) is 51.3 Å². The largest absolute Gasteiger partial charge is 0.480 e. The first-order valence-corrected chi connectivity index (χ1v) is 12.6. The average Bonchev–Trinajstić information content (AvgIpc) is 3.37. The molecule has 3 N–H and O–H groups in total. The minimum atomic E-state index is -0.948. The number of aliphatic imine (C=N–C) groups is 2. The summed E-state index contributed by atoms with van der Waals surface area (Å²) in [6.45, 7) is 0.320. The van der Waals surface area contributed by atoms with E-state index >= 15 is 0 Å². The van der Waals surface area contributed by atoms with Crippen molar-refractivity contribution < 1.29 is 18.7 Å². The second-order valence-corrected chi connectivity index (χ2v) is 9.66. The molecule has 3 aliphatic rings. The summed E-state index contributed by atoms with van der Waals surface area (Å²) < 4.78 is 29.6.